The fourth-order valence-electron chi connectivity index (χ4n) is 7.14. The lowest BCUT2D eigenvalue weighted by Gasteiger charge is -2.13. The molecule has 3 heterocycles. The normalized spacial score (nSPS) is 11.7. The third kappa shape index (κ3) is 4.61. The summed E-state index contributed by atoms with van der Waals surface area (Å²) in [5.74, 6) is 0.699. The van der Waals surface area contributed by atoms with Crippen LogP contribution in [0.2, 0.25) is 0 Å². The average molecular weight is 642 g/mol. The number of benzene rings is 7. The van der Waals surface area contributed by atoms with E-state index >= 15 is 0 Å². The van der Waals surface area contributed by atoms with Crippen LogP contribution in [0.15, 0.2) is 164 Å². The molecule has 7 aromatic carbocycles. The van der Waals surface area contributed by atoms with E-state index in [1.165, 1.54) is 47.1 Å². The Balaban J connectivity index is 1.25. The number of nitrogens with zero attached hydrogens (tertiary/aromatic N) is 3. The lowest BCUT2D eigenvalue weighted by atomic mass is 9.95. The Kier molecular flexibility index (Phi) is 6.36. The van der Waals surface area contributed by atoms with Crippen LogP contribution in [0.5, 0.6) is 0 Å². The van der Waals surface area contributed by atoms with Crippen molar-refractivity contribution in [3.8, 4) is 45.2 Å². The molecule has 0 aliphatic carbocycles. The molecular weight excluding hydrogens is 615 g/mol. The van der Waals surface area contributed by atoms with Crippen LogP contribution in [-0.4, -0.2) is 15.0 Å². The Bertz CT molecular complexity index is 2880. The summed E-state index contributed by atoms with van der Waals surface area (Å²) in [6, 6.07) is 57.7. The monoisotopic (exact) mass is 641 g/mol. The maximum Gasteiger partial charge on any atom is 0.160 e. The van der Waals surface area contributed by atoms with Crippen molar-refractivity contribution in [2.75, 3.05) is 0 Å². The molecule has 0 aliphatic rings. The van der Waals surface area contributed by atoms with E-state index in [1.807, 2.05) is 17.4 Å². The van der Waals surface area contributed by atoms with E-state index in [1.54, 1.807) is 0 Å². The number of rotatable bonds is 4. The van der Waals surface area contributed by atoms with Gasteiger partial charge in [0.15, 0.2) is 5.82 Å². The van der Waals surface area contributed by atoms with Crippen LogP contribution >= 0.6 is 11.3 Å². The SMILES string of the molecule is c1ccc(-c2cc(-c3cc4ccccc4c4ccccc34)nc(-c3ccc4sc5c6ccccc6nc(-c6ccccc6)c5c4c3)n2)cc1. The van der Waals surface area contributed by atoms with Gasteiger partial charge in [0.05, 0.1) is 22.6 Å². The predicted molar refractivity (Wildman–Crippen MR) is 207 cm³/mol. The van der Waals surface area contributed by atoms with Gasteiger partial charge in [-0.1, -0.05) is 127 Å². The van der Waals surface area contributed by atoms with Crippen LogP contribution in [0.3, 0.4) is 0 Å². The highest BCUT2D eigenvalue weighted by molar-refractivity contribution is 7.26. The number of thiophene rings is 1. The zero-order valence-electron chi connectivity index (χ0n) is 26.3. The second kappa shape index (κ2) is 11.2. The molecule has 10 rings (SSSR count). The molecule has 4 heteroatoms. The van der Waals surface area contributed by atoms with E-state index in [0.717, 1.165) is 44.9 Å². The zero-order chi connectivity index (χ0) is 32.3. The molecule has 0 spiro atoms. The van der Waals surface area contributed by atoms with Crippen LogP contribution in [0.4, 0.5) is 0 Å². The fraction of sp³-hybridized carbons (Fsp3) is 0. The van der Waals surface area contributed by atoms with Crippen molar-refractivity contribution in [1.29, 1.82) is 0 Å². The summed E-state index contributed by atoms with van der Waals surface area (Å²) in [6.45, 7) is 0. The molecule has 0 amide bonds. The van der Waals surface area contributed by atoms with Gasteiger partial charge in [0.2, 0.25) is 0 Å². The molecule has 0 saturated heterocycles. The molecule has 0 bridgehead atoms. The van der Waals surface area contributed by atoms with Crippen LogP contribution < -0.4 is 0 Å². The van der Waals surface area contributed by atoms with Gasteiger partial charge in [-0.3, -0.25) is 0 Å². The number of fused-ring (bicyclic) bond motifs is 8. The minimum atomic E-state index is 0.699. The van der Waals surface area contributed by atoms with E-state index in [9.17, 15) is 0 Å². The summed E-state index contributed by atoms with van der Waals surface area (Å²) in [5, 5.41) is 8.34. The van der Waals surface area contributed by atoms with Gasteiger partial charge in [0, 0.05) is 47.8 Å². The highest BCUT2D eigenvalue weighted by Gasteiger charge is 2.19. The molecule has 0 aliphatic heterocycles. The number of para-hydroxylation sites is 1. The smallest absolute Gasteiger partial charge is 0.160 e. The predicted octanol–water partition coefficient (Wildman–Crippen LogP) is 12.4. The second-order valence-corrected chi connectivity index (χ2v) is 13.4. The average Bonchev–Trinajstić information content (AvgIpc) is 3.57. The Hall–Kier alpha value is -6.23. The molecule has 0 saturated carbocycles. The van der Waals surface area contributed by atoms with Crippen molar-refractivity contribution in [2.45, 2.75) is 0 Å². The second-order valence-electron chi connectivity index (χ2n) is 12.4. The highest BCUT2D eigenvalue weighted by atomic mass is 32.1. The van der Waals surface area contributed by atoms with Gasteiger partial charge in [-0.15, -0.1) is 11.3 Å². The van der Waals surface area contributed by atoms with Crippen molar-refractivity contribution in [3.05, 3.63) is 164 Å². The van der Waals surface area contributed by atoms with Gasteiger partial charge in [-0.25, -0.2) is 15.0 Å². The lowest BCUT2D eigenvalue weighted by Crippen LogP contribution is -1.96. The van der Waals surface area contributed by atoms with E-state index in [4.69, 9.17) is 15.0 Å². The van der Waals surface area contributed by atoms with Crippen molar-refractivity contribution in [3.63, 3.8) is 0 Å². The minimum Gasteiger partial charge on any atom is -0.247 e. The lowest BCUT2D eigenvalue weighted by molar-refractivity contribution is 1.19. The molecule has 0 N–H and O–H groups in total. The molecule has 3 aromatic heterocycles. The summed E-state index contributed by atoms with van der Waals surface area (Å²) in [5.41, 5.74) is 8.04. The molecule has 10 aromatic rings. The topological polar surface area (TPSA) is 38.7 Å². The van der Waals surface area contributed by atoms with Crippen molar-refractivity contribution >= 4 is 64.0 Å². The van der Waals surface area contributed by atoms with E-state index in [2.05, 4.69) is 158 Å². The van der Waals surface area contributed by atoms with Gasteiger partial charge < -0.3 is 0 Å². The van der Waals surface area contributed by atoms with E-state index in [-0.39, 0.29) is 0 Å². The third-order valence-electron chi connectivity index (χ3n) is 9.45. The number of hydrogen-bond acceptors (Lipinski definition) is 4. The van der Waals surface area contributed by atoms with Crippen LogP contribution in [0.1, 0.15) is 0 Å². The first-order valence-electron chi connectivity index (χ1n) is 16.4. The first kappa shape index (κ1) is 27.8. The van der Waals surface area contributed by atoms with Gasteiger partial charge in [0.25, 0.3) is 0 Å². The molecule has 0 unspecified atom stereocenters. The Morgan fingerprint density at radius 3 is 1.88 bits per heavy atom. The summed E-state index contributed by atoms with van der Waals surface area (Å²) in [6.07, 6.45) is 0. The quantitative estimate of drug-likeness (QED) is 0.180. The van der Waals surface area contributed by atoms with Crippen molar-refractivity contribution in [2.24, 2.45) is 0 Å². The van der Waals surface area contributed by atoms with E-state index < -0.39 is 0 Å². The Morgan fingerprint density at radius 2 is 1.06 bits per heavy atom. The number of hydrogen-bond donors (Lipinski definition) is 0. The van der Waals surface area contributed by atoms with Crippen LogP contribution in [0, 0.1) is 0 Å². The standard InChI is InChI=1S/C45H27N3S/c1-3-13-28(14-4-1)39-27-40(36-25-30-17-7-8-18-32(30)33-19-9-10-20-34(33)36)48-45(47-39)31-23-24-41-37(26-31)42-43(29-15-5-2-6-16-29)46-38-22-12-11-21-35(38)44(42)49-41/h1-27H. The van der Waals surface area contributed by atoms with Gasteiger partial charge >= 0.3 is 0 Å². The Labute approximate surface area is 286 Å². The minimum absolute atomic E-state index is 0.699. The molecule has 49 heavy (non-hydrogen) atoms. The van der Waals surface area contributed by atoms with E-state index in [0.29, 0.717) is 5.82 Å². The molecule has 228 valence electrons. The maximum atomic E-state index is 5.33. The van der Waals surface area contributed by atoms with Crippen LogP contribution in [-0.2, 0) is 0 Å². The van der Waals surface area contributed by atoms with Crippen molar-refractivity contribution < 1.29 is 0 Å². The first-order valence-corrected chi connectivity index (χ1v) is 17.3. The number of aromatic nitrogens is 3. The molecule has 0 fully saturated rings. The largest absolute Gasteiger partial charge is 0.247 e. The van der Waals surface area contributed by atoms with Gasteiger partial charge in [-0.2, -0.15) is 0 Å². The summed E-state index contributed by atoms with van der Waals surface area (Å²) < 4.78 is 2.47. The van der Waals surface area contributed by atoms with Crippen LogP contribution in [0.25, 0.3) is 97.8 Å². The Morgan fingerprint density at radius 1 is 0.408 bits per heavy atom. The van der Waals surface area contributed by atoms with Crippen molar-refractivity contribution in [1.82, 2.24) is 15.0 Å². The summed E-state index contributed by atoms with van der Waals surface area (Å²) in [4.78, 5) is 15.8. The first-order chi connectivity index (χ1) is 24.3. The van der Waals surface area contributed by atoms with Gasteiger partial charge in [0.1, 0.15) is 0 Å². The third-order valence-corrected chi connectivity index (χ3v) is 10.7. The fourth-order valence-corrected chi connectivity index (χ4v) is 8.36. The maximum absolute atomic E-state index is 5.33. The number of pyridine rings is 1. The zero-order valence-corrected chi connectivity index (χ0v) is 27.2. The molecule has 0 atom stereocenters. The summed E-state index contributed by atoms with van der Waals surface area (Å²) >= 11 is 1.83. The van der Waals surface area contributed by atoms with Gasteiger partial charge in [-0.05, 0) is 57.9 Å². The molecule has 3 nitrogen and oxygen atoms in total. The molecule has 0 radical (unpaired) electrons. The molecular formula is C45H27N3S. The highest BCUT2D eigenvalue weighted by Crippen LogP contribution is 2.44. The summed E-state index contributed by atoms with van der Waals surface area (Å²) in [7, 11) is 0.